The van der Waals surface area contributed by atoms with Crippen LogP contribution in [0.2, 0.25) is 0 Å². The van der Waals surface area contributed by atoms with Gasteiger partial charge in [0.2, 0.25) is 0 Å². The molecule has 1 atom stereocenters. The molecule has 1 fully saturated rings. The number of rotatable bonds is 4. The highest BCUT2D eigenvalue weighted by molar-refractivity contribution is 4.68. The van der Waals surface area contributed by atoms with Gasteiger partial charge in [0.1, 0.15) is 0 Å². The van der Waals surface area contributed by atoms with Gasteiger partial charge in [0.05, 0.1) is 12.2 Å². The van der Waals surface area contributed by atoms with Gasteiger partial charge in [-0.15, -0.1) is 0 Å². The molecule has 78 valence electrons. The van der Waals surface area contributed by atoms with Gasteiger partial charge in [-0.25, -0.2) is 0 Å². The summed E-state index contributed by atoms with van der Waals surface area (Å²) in [5.74, 6) is 0.947. The molecule has 1 aliphatic rings. The molecule has 0 amide bonds. The molecule has 0 N–H and O–H groups in total. The third-order valence-electron chi connectivity index (χ3n) is 2.89. The van der Waals surface area contributed by atoms with E-state index in [0.29, 0.717) is 12.2 Å². The van der Waals surface area contributed by atoms with Crippen LogP contribution >= 0.6 is 0 Å². The summed E-state index contributed by atoms with van der Waals surface area (Å²) in [4.78, 5) is 0. The van der Waals surface area contributed by atoms with Gasteiger partial charge in [-0.3, -0.25) is 0 Å². The summed E-state index contributed by atoms with van der Waals surface area (Å²) in [5.41, 5.74) is 0. The maximum atomic E-state index is 5.75. The Morgan fingerprint density at radius 3 is 2.23 bits per heavy atom. The predicted molar refractivity (Wildman–Crippen MR) is 56.9 cm³/mol. The summed E-state index contributed by atoms with van der Waals surface area (Å²) in [6.45, 7) is 6.46. The molecule has 0 saturated heterocycles. The zero-order chi connectivity index (χ0) is 9.68. The summed E-state index contributed by atoms with van der Waals surface area (Å²) < 4.78 is 5.75. The zero-order valence-corrected chi connectivity index (χ0v) is 9.38. The van der Waals surface area contributed by atoms with Gasteiger partial charge in [0, 0.05) is 0 Å². The van der Waals surface area contributed by atoms with Crippen molar-refractivity contribution >= 4 is 0 Å². The van der Waals surface area contributed by atoms with Crippen molar-refractivity contribution < 1.29 is 4.74 Å². The van der Waals surface area contributed by atoms with Gasteiger partial charge in [-0.1, -0.05) is 32.1 Å². The fraction of sp³-hybridized carbons (Fsp3) is 1.00. The van der Waals surface area contributed by atoms with Crippen LogP contribution in [-0.2, 0) is 4.74 Å². The lowest BCUT2D eigenvalue weighted by Crippen LogP contribution is -2.19. The molecular weight excluding hydrogens is 160 g/mol. The van der Waals surface area contributed by atoms with Crippen LogP contribution in [0.1, 0.15) is 59.3 Å². The predicted octanol–water partition coefficient (Wildman–Crippen LogP) is 3.77. The molecule has 1 unspecified atom stereocenters. The van der Waals surface area contributed by atoms with E-state index in [1.54, 1.807) is 0 Å². The van der Waals surface area contributed by atoms with Gasteiger partial charge in [0.25, 0.3) is 0 Å². The average Bonchev–Trinajstić information content (AvgIpc) is 2.04. The zero-order valence-electron chi connectivity index (χ0n) is 9.38. The Labute approximate surface area is 82.9 Å². The van der Waals surface area contributed by atoms with Crippen LogP contribution in [0.3, 0.4) is 0 Å². The first-order chi connectivity index (χ1) is 6.18. The minimum absolute atomic E-state index is 0.388. The molecule has 0 aromatic rings. The van der Waals surface area contributed by atoms with E-state index in [-0.39, 0.29) is 0 Å². The van der Waals surface area contributed by atoms with Crippen molar-refractivity contribution in [2.24, 2.45) is 5.92 Å². The molecule has 0 heterocycles. The van der Waals surface area contributed by atoms with E-state index in [9.17, 15) is 0 Å². The first-order valence-corrected chi connectivity index (χ1v) is 5.84. The van der Waals surface area contributed by atoms with Crippen molar-refractivity contribution in [1.29, 1.82) is 0 Å². The Kier molecular flexibility index (Phi) is 4.79. The van der Waals surface area contributed by atoms with Gasteiger partial charge >= 0.3 is 0 Å². The second kappa shape index (κ2) is 5.64. The summed E-state index contributed by atoms with van der Waals surface area (Å²) >= 11 is 0. The first kappa shape index (κ1) is 11.0. The lowest BCUT2D eigenvalue weighted by molar-refractivity contribution is 0.00254. The maximum absolute atomic E-state index is 5.75. The number of hydrogen-bond donors (Lipinski definition) is 0. The smallest absolute Gasteiger partial charge is 0.0553 e. The molecule has 0 spiro atoms. The molecule has 1 aliphatic carbocycles. The van der Waals surface area contributed by atoms with Gasteiger partial charge < -0.3 is 4.74 Å². The third kappa shape index (κ3) is 4.66. The van der Waals surface area contributed by atoms with Crippen molar-refractivity contribution in [2.75, 3.05) is 0 Å². The lowest BCUT2D eigenvalue weighted by Gasteiger charge is -2.25. The quantitative estimate of drug-likeness (QED) is 0.646. The highest BCUT2D eigenvalue weighted by Crippen LogP contribution is 2.28. The molecule has 1 nitrogen and oxygen atoms in total. The largest absolute Gasteiger partial charge is 0.376 e. The van der Waals surface area contributed by atoms with Crippen molar-refractivity contribution in [3.8, 4) is 0 Å². The first-order valence-electron chi connectivity index (χ1n) is 5.84. The molecule has 1 saturated carbocycles. The Balaban J connectivity index is 2.14. The van der Waals surface area contributed by atoms with Crippen LogP contribution in [0, 0.1) is 5.92 Å². The SMILES string of the molecule is CC(C)OC(C)CC1CCCCC1. The maximum Gasteiger partial charge on any atom is 0.0553 e. The van der Waals surface area contributed by atoms with E-state index >= 15 is 0 Å². The second-order valence-electron chi connectivity index (χ2n) is 4.74. The fourth-order valence-corrected chi connectivity index (χ4v) is 2.41. The molecule has 0 radical (unpaired) electrons. The third-order valence-corrected chi connectivity index (χ3v) is 2.89. The summed E-state index contributed by atoms with van der Waals surface area (Å²) in [5, 5.41) is 0. The summed E-state index contributed by atoms with van der Waals surface area (Å²) in [6, 6.07) is 0. The van der Waals surface area contributed by atoms with Crippen molar-refractivity contribution in [3.63, 3.8) is 0 Å². The van der Waals surface area contributed by atoms with Crippen molar-refractivity contribution in [2.45, 2.75) is 71.5 Å². The Morgan fingerprint density at radius 2 is 1.69 bits per heavy atom. The highest BCUT2D eigenvalue weighted by atomic mass is 16.5. The van der Waals surface area contributed by atoms with E-state index in [1.807, 2.05) is 0 Å². The average molecular weight is 184 g/mol. The molecular formula is C12H24O. The van der Waals surface area contributed by atoms with E-state index in [4.69, 9.17) is 4.74 Å². The standard InChI is InChI=1S/C12H24O/c1-10(2)13-11(3)9-12-7-5-4-6-8-12/h10-12H,4-9H2,1-3H3. The van der Waals surface area contributed by atoms with Crippen LogP contribution in [0.4, 0.5) is 0 Å². The summed E-state index contributed by atoms with van der Waals surface area (Å²) in [7, 11) is 0. The monoisotopic (exact) mass is 184 g/mol. The van der Waals surface area contributed by atoms with Crippen LogP contribution in [0.15, 0.2) is 0 Å². The van der Waals surface area contributed by atoms with E-state index in [1.165, 1.54) is 38.5 Å². The highest BCUT2D eigenvalue weighted by Gasteiger charge is 2.17. The van der Waals surface area contributed by atoms with Crippen LogP contribution in [0.5, 0.6) is 0 Å². The molecule has 0 bridgehead atoms. The van der Waals surface area contributed by atoms with Gasteiger partial charge in [-0.2, -0.15) is 0 Å². The minimum Gasteiger partial charge on any atom is -0.376 e. The molecule has 1 heteroatoms. The minimum atomic E-state index is 0.388. The van der Waals surface area contributed by atoms with E-state index in [2.05, 4.69) is 20.8 Å². The van der Waals surface area contributed by atoms with Crippen LogP contribution in [0.25, 0.3) is 0 Å². The number of ether oxygens (including phenoxy) is 1. The van der Waals surface area contributed by atoms with E-state index < -0.39 is 0 Å². The van der Waals surface area contributed by atoms with Crippen molar-refractivity contribution in [1.82, 2.24) is 0 Å². The Morgan fingerprint density at radius 1 is 1.08 bits per heavy atom. The van der Waals surface area contributed by atoms with Gasteiger partial charge in [0.15, 0.2) is 0 Å². The second-order valence-corrected chi connectivity index (χ2v) is 4.74. The van der Waals surface area contributed by atoms with Crippen LogP contribution in [-0.4, -0.2) is 12.2 Å². The van der Waals surface area contributed by atoms with Crippen LogP contribution < -0.4 is 0 Å². The molecule has 1 rings (SSSR count). The fourth-order valence-electron chi connectivity index (χ4n) is 2.41. The normalized spacial score (nSPS) is 22.2. The molecule has 0 aliphatic heterocycles. The molecule has 13 heavy (non-hydrogen) atoms. The molecule has 0 aromatic carbocycles. The summed E-state index contributed by atoms with van der Waals surface area (Å²) in [6.07, 6.45) is 9.34. The Hall–Kier alpha value is -0.0400. The van der Waals surface area contributed by atoms with Gasteiger partial charge in [-0.05, 0) is 33.1 Å². The molecule has 0 aromatic heterocycles. The lowest BCUT2D eigenvalue weighted by atomic mass is 9.85. The Bertz CT molecular complexity index is 125. The number of hydrogen-bond acceptors (Lipinski definition) is 1. The van der Waals surface area contributed by atoms with Crippen molar-refractivity contribution in [3.05, 3.63) is 0 Å². The topological polar surface area (TPSA) is 9.23 Å². The van der Waals surface area contributed by atoms with E-state index in [0.717, 1.165) is 5.92 Å².